The lowest BCUT2D eigenvalue weighted by atomic mass is 9.92. The second-order valence-electron chi connectivity index (χ2n) is 3.85. The third-order valence-corrected chi connectivity index (χ3v) is 2.80. The maximum atomic E-state index is 11.3. The molecule has 1 heteroatoms. The molecule has 1 unspecified atom stereocenters. The lowest BCUT2D eigenvalue weighted by Crippen LogP contribution is -2.13. The van der Waals surface area contributed by atoms with E-state index < -0.39 is 0 Å². The summed E-state index contributed by atoms with van der Waals surface area (Å²) in [6, 6.07) is 8.28. The number of hydrogen-bond acceptors (Lipinski definition) is 1. The van der Waals surface area contributed by atoms with Crippen molar-refractivity contribution in [3.05, 3.63) is 35.4 Å². The van der Waals surface area contributed by atoms with Crippen molar-refractivity contribution >= 4 is 5.78 Å². The van der Waals surface area contributed by atoms with Gasteiger partial charge < -0.3 is 0 Å². The predicted molar refractivity (Wildman–Crippen MR) is 59.3 cm³/mol. The van der Waals surface area contributed by atoms with Crippen molar-refractivity contribution < 1.29 is 4.79 Å². The number of benzene rings is 1. The topological polar surface area (TPSA) is 17.1 Å². The summed E-state index contributed by atoms with van der Waals surface area (Å²) in [5.41, 5.74) is 2.58. The zero-order valence-electron chi connectivity index (χ0n) is 9.21. The number of Topliss-reactive ketones (excluding diaryl/α,β-unsaturated/α-hetero) is 1. The van der Waals surface area contributed by atoms with E-state index in [1.54, 1.807) is 6.92 Å². The molecule has 1 atom stereocenters. The van der Waals surface area contributed by atoms with Crippen LogP contribution in [0.4, 0.5) is 0 Å². The van der Waals surface area contributed by atoms with Crippen molar-refractivity contribution in [2.24, 2.45) is 5.92 Å². The van der Waals surface area contributed by atoms with Gasteiger partial charge in [-0.25, -0.2) is 0 Å². The van der Waals surface area contributed by atoms with Crippen LogP contribution in [-0.4, -0.2) is 5.78 Å². The molecule has 0 aromatic heterocycles. The van der Waals surface area contributed by atoms with Gasteiger partial charge >= 0.3 is 0 Å². The molecular weight excluding hydrogens is 172 g/mol. The van der Waals surface area contributed by atoms with Crippen LogP contribution >= 0.6 is 0 Å². The summed E-state index contributed by atoms with van der Waals surface area (Å²) in [6.45, 7) is 5.86. The Morgan fingerprint density at radius 2 is 2.00 bits per heavy atom. The molecule has 0 heterocycles. The zero-order chi connectivity index (χ0) is 10.6. The SMILES string of the molecule is CCC(Cc1ccccc1C)C(C)=O. The monoisotopic (exact) mass is 190 g/mol. The molecule has 0 spiro atoms. The van der Waals surface area contributed by atoms with E-state index in [2.05, 4.69) is 26.0 Å². The maximum absolute atomic E-state index is 11.3. The van der Waals surface area contributed by atoms with Gasteiger partial charge in [-0.1, -0.05) is 31.2 Å². The first-order valence-corrected chi connectivity index (χ1v) is 5.20. The Labute approximate surface area is 86.1 Å². The number of hydrogen-bond donors (Lipinski definition) is 0. The first kappa shape index (κ1) is 11.0. The minimum Gasteiger partial charge on any atom is -0.300 e. The number of aryl methyl sites for hydroxylation is 1. The highest BCUT2D eigenvalue weighted by Gasteiger charge is 2.12. The molecular formula is C13H18O. The van der Waals surface area contributed by atoms with Gasteiger partial charge in [-0.05, 0) is 37.8 Å². The van der Waals surface area contributed by atoms with Crippen LogP contribution in [0.2, 0.25) is 0 Å². The van der Waals surface area contributed by atoms with E-state index in [-0.39, 0.29) is 5.92 Å². The second kappa shape index (κ2) is 4.94. The molecule has 0 aliphatic rings. The first-order chi connectivity index (χ1) is 6.65. The normalized spacial score (nSPS) is 12.5. The highest BCUT2D eigenvalue weighted by atomic mass is 16.1. The molecule has 0 bridgehead atoms. The first-order valence-electron chi connectivity index (χ1n) is 5.20. The second-order valence-corrected chi connectivity index (χ2v) is 3.85. The standard InChI is InChI=1S/C13H18O/c1-4-12(11(3)14)9-13-8-6-5-7-10(13)2/h5-8,12H,4,9H2,1-3H3. The van der Waals surface area contributed by atoms with Crippen LogP contribution in [0.25, 0.3) is 0 Å². The van der Waals surface area contributed by atoms with Gasteiger partial charge in [0.1, 0.15) is 5.78 Å². The van der Waals surface area contributed by atoms with Gasteiger partial charge in [-0.2, -0.15) is 0 Å². The summed E-state index contributed by atoms with van der Waals surface area (Å²) in [4.78, 5) is 11.3. The van der Waals surface area contributed by atoms with Gasteiger partial charge in [0, 0.05) is 5.92 Å². The fourth-order valence-electron chi connectivity index (χ4n) is 1.68. The van der Waals surface area contributed by atoms with Crippen molar-refractivity contribution in [1.82, 2.24) is 0 Å². The van der Waals surface area contributed by atoms with Crippen molar-refractivity contribution in [1.29, 1.82) is 0 Å². The van der Waals surface area contributed by atoms with Gasteiger partial charge in [0.25, 0.3) is 0 Å². The molecule has 1 rings (SSSR count). The van der Waals surface area contributed by atoms with Crippen molar-refractivity contribution in [2.45, 2.75) is 33.6 Å². The summed E-state index contributed by atoms with van der Waals surface area (Å²) >= 11 is 0. The molecule has 14 heavy (non-hydrogen) atoms. The fraction of sp³-hybridized carbons (Fsp3) is 0.462. The molecule has 0 saturated heterocycles. The number of carbonyl (C=O) groups is 1. The van der Waals surface area contributed by atoms with Gasteiger partial charge in [0.05, 0.1) is 0 Å². The van der Waals surface area contributed by atoms with Gasteiger partial charge in [-0.15, -0.1) is 0 Å². The largest absolute Gasteiger partial charge is 0.300 e. The summed E-state index contributed by atoms with van der Waals surface area (Å²) in [6.07, 6.45) is 1.82. The van der Waals surface area contributed by atoms with Crippen LogP contribution in [-0.2, 0) is 11.2 Å². The summed E-state index contributed by atoms with van der Waals surface area (Å²) in [5.74, 6) is 0.492. The Morgan fingerprint density at radius 3 is 2.50 bits per heavy atom. The minimum atomic E-state index is 0.191. The van der Waals surface area contributed by atoms with Gasteiger partial charge in [-0.3, -0.25) is 4.79 Å². The molecule has 0 radical (unpaired) electrons. The van der Waals surface area contributed by atoms with Crippen LogP contribution in [0.1, 0.15) is 31.4 Å². The molecule has 0 aliphatic heterocycles. The van der Waals surface area contributed by atoms with Crippen molar-refractivity contribution in [3.8, 4) is 0 Å². The average Bonchev–Trinajstić information content (AvgIpc) is 2.16. The Hall–Kier alpha value is -1.11. The van der Waals surface area contributed by atoms with Crippen molar-refractivity contribution in [3.63, 3.8) is 0 Å². The molecule has 1 aromatic carbocycles. The zero-order valence-corrected chi connectivity index (χ0v) is 9.21. The summed E-state index contributed by atoms with van der Waals surface area (Å²) < 4.78 is 0. The van der Waals surface area contributed by atoms with E-state index in [0.29, 0.717) is 5.78 Å². The Kier molecular flexibility index (Phi) is 3.87. The Morgan fingerprint density at radius 1 is 1.36 bits per heavy atom. The van der Waals surface area contributed by atoms with Gasteiger partial charge in [0.15, 0.2) is 0 Å². The third kappa shape index (κ3) is 2.69. The fourth-order valence-corrected chi connectivity index (χ4v) is 1.68. The van der Waals surface area contributed by atoms with E-state index in [1.165, 1.54) is 11.1 Å². The van der Waals surface area contributed by atoms with Crippen LogP contribution in [0.3, 0.4) is 0 Å². The van der Waals surface area contributed by atoms with E-state index in [1.807, 2.05) is 12.1 Å². The molecule has 0 fully saturated rings. The Balaban J connectivity index is 2.77. The smallest absolute Gasteiger partial charge is 0.133 e. The number of ketones is 1. The van der Waals surface area contributed by atoms with E-state index in [0.717, 1.165) is 12.8 Å². The molecule has 0 aliphatic carbocycles. The molecule has 76 valence electrons. The summed E-state index contributed by atoms with van der Waals surface area (Å²) in [7, 11) is 0. The molecule has 0 amide bonds. The van der Waals surface area contributed by atoms with E-state index in [9.17, 15) is 4.79 Å². The summed E-state index contributed by atoms with van der Waals surface area (Å²) in [5, 5.41) is 0. The third-order valence-electron chi connectivity index (χ3n) is 2.80. The molecule has 0 N–H and O–H groups in total. The van der Waals surface area contributed by atoms with Gasteiger partial charge in [0.2, 0.25) is 0 Å². The molecule has 1 nitrogen and oxygen atoms in total. The number of carbonyl (C=O) groups excluding carboxylic acids is 1. The highest BCUT2D eigenvalue weighted by molar-refractivity contribution is 5.78. The van der Waals surface area contributed by atoms with E-state index in [4.69, 9.17) is 0 Å². The van der Waals surface area contributed by atoms with Crippen LogP contribution in [0.5, 0.6) is 0 Å². The van der Waals surface area contributed by atoms with Crippen LogP contribution in [0.15, 0.2) is 24.3 Å². The molecule has 0 saturated carbocycles. The van der Waals surface area contributed by atoms with Crippen LogP contribution < -0.4 is 0 Å². The maximum Gasteiger partial charge on any atom is 0.133 e. The minimum absolute atomic E-state index is 0.191. The number of rotatable bonds is 4. The van der Waals surface area contributed by atoms with Crippen LogP contribution in [0, 0.1) is 12.8 Å². The lowest BCUT2D eigenvalue weighted by Gasteiger charge is -2.12. The quantitative estimate of drug-likeness (QED) is 0.712. The average molecular weight is 190 g/mol. The van der Waals surface area contributed by atoms with Crippen molar-refractivity contribution in [2.75, 3.05) is 0 Å². The highest BCUT2D eigenvalue weighted by Crippen LogP contribution is 2.16. The Bertz CT molecular complexity index is 315. The molecule has 1 aromatic rings. The van der Waals surface area contributed by atoms with E-state index >= 15 is 0 Å². The predicted octanol–water partition coefficient (Wildman–Crippen LogP) is 3.15. The lowest BCUT2D eigenvalue weighted by molar-refractivity contribution is -0.120.